The van der Waals surface area contributed by atoms with Crippen molar-refractivity contribution in [3.8, 4) is 22.5 Å². The van der Waals surface area contributed by atoms with E-state index in [1.807, 2.05) is 32.0 Å². The number of carbonyl (C=O) groups is 1. The molecule has 10 heteroatoms. The highest BCUT2D eigenvalue weighted by atomic mass is 35.5. The molecular formula is C34H46Cl3N5O2. The quantitative estimate of drug-likeness (QED) is 0.209. The van der Waals surface area contributed by atoms with Crippen LogP contribution >= 0.6 is 37.2 Å². The van der Waals surface area contributed by atoms with Gasteiger partial charge in [0.05, 0.1) is 24.5 Å². The van der Waals surface area contributed by atoms with Crippen LogP contribution in [-0.2, 0) is 24.2 Å². The number of benzene rings is 3. The van der Waals surface area contributed by atoms with Gasteiger partial charge in [0, 0.05) is 43.0 Å². The molecule has 3 aromatic carbocycles. The van der Waals surface area contributed by atoms with Crippen molar-refractivity contribution in [2.24, 2.45) is 0 Å². The number of imidazole rings is 1. The summed E-state index contributed by atoms with van der Waals surface area (Å²) < 4.78 is 0. The Kier molecular flexibility index (Phi) is 16.1. The molecule has 0 saturated carbocycles. The average Bonchev–Trinajstić information content (AvgIpc) is 3.40. The van der Waals surface area contributed by atoms with Gasteiger partial charge >= 0.3 is 0 Å². The fourth-order valence-electron chi connectivity index (χ4n) is 5.43. The molecule has 0 spiro atoms. The highest BCUT2D eigenvalue weighted by Gasteiger charge is 2.22. The Morgan fingerprint density at radius 2 is 1.27 bits per heavy atom. The summed E-state index contributed by atoms with van der Waals surface area (Å²) in [5, 5.41) is 3.12. The molecule has 0 aliphatic carbocycles. The first-order valence-electron chi connectivity index (χ1n) is 14.5. The smallest absolute Gasteiger partial charge is 0.238 e. The summed E-state index contributed by atoms with van der Waals surface area (Å²) in [7, 11) is 0. The van der Waals surface area contributed by atoms with E-state index in [4.69, 9.17) is 4.98 Å². The molecule has 2 heterocycles. The van der Waals surface area contributed by atoms with Crippen molar-refractivity contribution in [1.82, 2.24) is 19.8 Å². The Morgan fingerprint density at radius 3 is 1.80 bits per heavy atom. The van der Waals surface area contributed by atoms with Gasteiger partial charge in [-0.25, -0.2) is 4.98 Å². The van der Waals surface area contributed by atoms with Gasteiger partial charge in [0.2, 0.25) is 5.91 Å². The van der Waals surface area contributed by atoms with Crippen LogP contribution < -0.4 is 5.32 Å². The Morgan fingerprint density at radius 1 is 0.773 bits per heavy atom. The van der Waals surface area contributed by atoms with Gasteiger partial charge in [0.15, 0.2) is 0 Å². The molecule has 240 valence electrons. The predicted octanol–water partition coefficient (Wildman–Crippen LogP) is 6.68. The first-order chi connectivity index (χ1) is 19.4. The zero-order valence-corrected chi connectivity index (χ0v) is 28.4. The second-order valence-corrected chi connectivity index (χ2v) is 10.9. The molecule has 1 aliphatic rings. The zero-order valence-electron chi connectivity index (χ0n) is 26.0. The number of aromatic amines is 1. The molecule has 5 rings (SSSR count). The molecule has 0 atom stereocenters. The van der Waals surface area contributed by atoms with E-state index >= 15 is 0 Å². The van der Waals surface area contributed by atoms with Crippen LogP contribution in [0.1, 0.15) is 41.9 Å². The Balaban J connectivity index is 0.00000242. The maximum Gasteiger partial charge on any atom is 0.238 e. The number of nitrogens with one attached hydrogen (secondary N) is 2. The van der Waals surface area contributed by atoms with Crippen molar-refractivity contribution < 1.29 is 10.3 Å². The number of aromatic nitrogens is 2. The van der Waals surface area contributed by atoms with Crippen LogP contribution in [0.15, 0.2) is 66.7 Å². The Bertz CT molecular complexity index is 1370. The molecule has 44 heavy (non-hydrogen) atoms. The summed E-state index contributed by atoms with van der Waals surface area (Å²) in [6.45, 7) is 13.1. The van der Waals surface area contributed by atoms with Gasteiger partial charge in [-0.15, -0.1) is 37.2 Å². The number of H-pyrrole nitrogens is 1. The minimum atomic E-state index is 0. The number of piperazine rings is 1. The number of para-hydroxylation sites is 1. The third-order valence-corrected chi connectivity index (χ3v) is 7.99. The van der Waals surface area contributed by atoms with Crippen molar-refractivity contribution in [2.45, 2.75) is 47.1 Å². The fourth-order valence-corrected chi connectivity index (χ4v) is 5.43. The number of anilines is 1. The lowest BCUT2D eigenvalue weighted by molar-refractivity contribution is -0.117. The largest absolute Gasteiger partial charge is 0.412 e. The average molecular weight is 663 g/mol. The molecule has 0 unspecified atom stereocenters. The Hall–Kier alpha value is -2.91. The number of hydrogen-bond donors (Lipinski definition) is 2. The van der Waals surface area contributed by atoms with Crippen molar-refractivity contribution in [3.05, 3.63) is 94.8 Å². The van der Waals surface area contributed by atoms with E-state index in [9.17, 15) is 4.79 Å². The first-order valence-corrected chi connectivity index (χ1v) is 14.5. The maximum atomic E-state index is 12.8. The molecule has 1 amide bonds. The maximum absolute atomic E-state index is 12.8. The van der Waals surface area contributed by atoms with E-state index in [1.165, 1.54) is 11.1 Å². The van der Waals surface area contributed by atoms with Crippen LogP contribution in [0.4, 0.5) is 5.69 Å². The third kappa shape index (κ3) is 9.54. The van der Waals surface area contributed by atoms with E-state index in [1.54, 1.807) is 0 Å². The topological polar surface area (TPSA) is 95.8 Å². The summed E-state index contributed by atoms with van der Waals surface area (Å²) in [5.74, 6) is 1.03. The molecular weight excluding hydrogens is 617 g/mol. The molecule has 1 aromatic heterocycles. The lowest BCUT2D eigenvalue weighted by atomic mass is 10.0. The van der Waals surface area contributed by atoms with Crippen molar-refractivity contribution in [1.29, 1.82) is 0 Å². The highest BCUT2D eigenvalue weighted by Crippen LogP contribution is 2.31. The van der Waals surface area contributed by atoms with E-state index in [0.29, 0.717) is 6.54 Å². The lowest BCUT2D eigenvalue weighted by Crippen LogP contribution is -2.48. The van der Waals surface area contributed by atoms with Gasteiger partial charge in [-0.3, -0.25) is 14.6 Å². The highest BCUT2D eigenvalue weighted by molar-refractivity contribution is 5.93. The predicted molar refractivity (Wildman–Crippen MR) is 190 cm³/mol. The zero-order chi connectivity index (χ0) is 28.1. The first kappa shape index (κ1) is 39.1. The summed E-state index contributed by atoms with van der Waals surface area (Å²) in [6, 6.07) is 23.7. The number of aryl methyl sites for hydroxylation is 4. The molecule has 0 bridgehead atoms. The van der Waals surface area contributed by atoms with E-state index in [0.717, 1.165) is 90.7 Å². The van der Waals surface area contributed by atoms with Crippen molar-refractivity contribution in [3.63, 3.8) is 0 Å². The summed E-state index contributed by atoms with van der Waals surface area (Å²) >= 11 is 0. The second-order valence-electron chi connectivity index (χ2n) is 10.9. The van der Waals surface area contributed by atoms with Gasteiger partial charge < -0.3 is 15.8 Å². The molecule has 1 saturated heterocycles. The minimum Gasteiger partial charge on any atom is -0.412 e. The fraction of sp³-hybridized carbons (Fsp3) is 0.353. The third-order valence-electron chi connectivity index (χ3n) is 7.99. The van der Waals surface area contributed by atoms with Gasteiger partial charge in [0.1, 0.15) is 5.82 Å². The van der Waals surface area contributed by atoms with Crippen LogP contribution in [0.25, 0.3) is 22.5 Å². The molecule has 1 aliphatic heterocycles. The van der Waals surface area contributed by atoms with E-state index in [-0.39, 0.29) is 48.6 Å². The van der Waals surface area contributed by atoms with Crippen LogP contribution in [0.5, 0.6) is 0 Å². The number of nitrogens with zero attached hydrogens (tertiary/aromatic N) is 3. The summed E-state index contributed by atoms with van der Waals surface area (Å²) in [6.07, 6.45) is 2.05. The van der Waals surface area contributed by atoms with Gasteiger partial charge in [-0.1, -0.05) is 80.6 Å². The number of halogens is 3. The van der Waals surface area contributed by atoms with Gasteiger partial charge in [0.25, 0.3) is 0 Å². The van der Waals surface area contributed by atoms with Crippen LogP contribution in [0, 0.1) is 13.8 Å². The molecule has 0 radical (unpaired) electrons. The van der Waals surface area contributed by atoms with Gasteiger partial charge in [-0.05, 0) is 48.9 Å². The Labute approximate surface area is 280 Å². The van der Waals surface area contributed by atoms with Crippen LogP contribution in [-0.4, -0.2) is 63.9 Å². The lowest BCUT2D eigenvalue weighted by Gasteiger charge is -2.33. The number of carbonyl (C=O) groups excluding carboxylic acids is 1. The minimum absolute atomic E-state index is 0. The number of hydrogen-bond acceptors (Lipinski definition) is 4. The van der Waals surface area contributed by atoms with Crippen molar-refractivity contribution >= 4 is 48.8 Å². The normalized spacial score (nSPS) is 13.1. The second kappa shape index (κ2) is 18.2. The van der Waals surface area contributed by atoms with Crippen LogP contribution in [0.3, 0.4) is 0 Å². The summed E-state index contributed by atoms with van der Waals surface area (Å²) in [4.78, 5) is 26.2. The standard InChI is InChI=1S/C34H41N5O.3ClH.H2O/c1-5-26-10-14-28(15-11-26)33-34(29-16-12-27(6-2)13-17-29)36-30(35-33)22-38-18-20-39(21-19-38)23-31(40)37-32-24(3)8-7-9-25(32)4;;;;/h7-17H,5-6,18-23H2,1-4H3,(H,35,36)(H,37,40);3*1H;1H2. The monoisotopic (exact) mass is 661 g/mol. The van der Waals surface area contributed by atoms with E-state index in [2.05, 4.69) is 82.5 Å². The van der Waals surface area contributed by atoms with Crippen LogP contribution in [0.2, 0.25) is 0 Å². The number of amides is 1. The SMILES string of the molecule is CCc1ccc(-c2nc(CN3CCN(CC(=O)Nc4c(C)cccc4C)CC3)[nH]c2-c2ccc(CC)cc2)cc1.Cl.Cl.Cl.O. The molecule has 4 N–H and O–H groups in total. The summed E-state index contributed by atoms with van der Waals surface area (Å²) in [5.41, 5.74) is 10.2. The van der Waals surface area contributed by atoms with E-state index < -0.39 is 0 Å². The number of rotatable bonds is 9. The van der Waals surface area contributed by atoms with Crippen molar-refractivity contribution in [2.75, 3.05) is 38.0 Å². The molecule has 7 nitrogen and oxygen atoms in total. The van der Waals surface area contributed by atoms with Gasteiger partial charge in [-0.2, -0.15) is 0 Å². The molecule has 1 fully saturated rings. The molecule has 4 aromatic rings.